The van der Waals surface area contributed by atoms with Crippen LogP contribution in [0.3, 0.4) is 0 Å². The monoisotopic (exact) mass is 215 g/mol. The normalized spacial score (nSPS) is 9.75. The first-order valence-corrected chi connectivity index (χ1v) is 4.55. The molecule has 0 aliphatic rings. The molecule has 0 saturated carbocycles. The van der Waals surface area contributed by atoms with Gasteiger partial charge in [-0.25, -0.2) is 9.59 Å². The maximum atomic E-state index is 10.9. The number of rotatable bonds is 2. The third kappa shape index (κ3) is 2.00. The zero-order valence-electron chi connectivity index (χ0n) is 8.17. The largest absolute Gasteiger partial charge is 0.522 e. The standard InChI is InChI=1S/C12H7O4/c13-8-15-12(14)16-11-7-3-5-9-4-1-2-6-10(9)11/h1-7H. The first-order chi connectivity index (χ1) is 7.81. The quantitative estimate of drug-likeness (QED) is 0.438. The van der Waals surface area contributed by atoms with Crippen LogP contribution in [-0.4, -0.2) is 12.6 Å². The highest BCUT2D eigenvalue weighted by Gasteiger charge is 2.08. The van der Waals surface area contributed by atoms with E-state index < -0.39 is 6.16 Å². The van der Waals surface area contributed by atoms with Crippen molar-refractivity contribution in [2.45, 2.75) is 0 Å². The lowest BCUT2D eigenvalue weighted by Gasteiger charge is -2.04. The van der Waals surface area contributed by atoms with Gasteiger partial charge in [0.1, 0.15) is 5.75 Å². The van der Waals surface area contributed by atoms with Gasteiger partial charge in [0.15, 0.2) is 0 Å². The van der Waals surface area contributed by atoms with E-state index in [0.717, 1.165) is 17.2 Å². The summed E-state index contributed by atoms with van der Waals surface area (Å²) in [4.78, 5) is 20.8. The summed E-state index contributed by atoms with van der Waals surface area (Å²) < 4.78 is 8.77. The van der Waals surface area contributed by atoms with Crippen LogP contribution in [0.25, 0.3) is 10.8 Å². The fraction of sp³-hybridized carbons (Fsp3) is 0. The van der Waals surface area contributed by atoms with Crippen LogP contribution in [0.5, 0.6) is 5.75 Å². The van der Waals surface area contributed by atoms with Gasteiger partial charge in [-0.05, 0) is 11.5 Å². The Morgan fingerprint density at radius 3 is 2.62 bits per heavy atom. The van der Waals surface area contributed by atoms with Crippen LogP contribution in [0, 0.1) is 0 Å². The molecule has 16 heavy (non-hydrogen) atoms. The summed E-state index contributed by atoms with van der Waals surface area (Å²) in [5, 5.41) is 1.70. The molecule has 0 atom stereocenters. The van der Waals surface area contributed by atoms with Crippen LogP contribution in [-0.2, 0) is 9.53 Å². The van der Waals surface area contributed by atoms with Gasteiger partial charge in [-0.2, -0.15) is 0 Å². The molecule has 2 aromatic carbocycles. The van der Waals surface area contributed by atoms with E-state index in [1.807, 2.05) is 30.3 Å². The minimum Gasteiger partial charge on any atom is -0.394 e. The van der Waals surface area contributed by atoms with Gasteiger partial charge in [0.2, 0.25) is 0 Å². The van der Waals surface area contributed by atoms with Gasteiger partial charge in [-0.3, -0.25) is 0 Å². The summed E-state index contributed by atoms with van der Waals surface area (Å²) >= 11 is 0. The Balaban J connectivity index is 2.37. The van der Waals surface area contributed by atoms with Gasteiger partial charge < -0.3 is 9.47 Å². The van der Waals surface area contributed by atoms with Gasteiger partial charge in [0.05, 0.1) is 0 Å². The number of carbonyl (C=O) groups excluding carboxylic acids is 2. The summed E-state index contributed by atoms with van der Waals surface area (Å²) in [7, 11) is 0. The van der Waals surface area contributed by atoms with Crippen LogP contribution < -0.4 is 4.74 Å². The first-order valence-electron chi connectivity index (χ1n) is 4.55. The number of ether oxygens (including phenoxy) is 2. The predicted octanol–water partition coefficient (Wildman–Crippen LogP) is 2.42. The molecule has 0 unspecified atom stereocenters. The van der Waals surface area contributed by atoms with Gasteiger partial charge >= 0.3 is 12.6 Å². The van der Waals surface area contributed by atoms with Crippen LogP contribution in [0.4, 0.5) is 4.79 Å². The van der Waals surface area contributed by atoms with Gasteiger partial charge in [-0.15, -0.1) is 0 Å². The first kappa shape index (κ1) is 10.2. The SMILES string of the molecule is O=[C]OC(=O)Oc1cccc2ccccc12. The molecule has 0 amide bonds. The highest BCUT2D eigenvalue weighted by atomic mass is 16.7. The number of hydrogen-bond acceptors (Lipinski definition) is 4. The van der Waals surface area contributed by atoms with E-state index in [9.17, 15) is 9.59 Å². The van der Waals surface area contributed by atoms with Gasteiger partial charge in [-0.1, -0.05) is 36.4 Å². The average Bonchev–Trinajstić information content (AvgIpc) is 2.30. The third-order valence-corrected chi connectivity index (χ3v) is 2.07. The summed E-state index contributed by atoms with van der Waals surface area (Å²) in [6.07, 6.45) is -1.09. The van der Waals surface area contributed by atoms with Crippen molar-refractivity contribution in [3.05, 3.63) is 42.5 Å². The van der Waals surface area contributed by atoms with E-state index in [0.29, 0.717) is 5.75 Å². The Kier molecular flexibility index (Phi) is 2.82. The van der Waals surface area contributed by atoms with Gasteiger partial charge in [0.25, 0.3) is 0 Å². The predicted molar refractivity (Wildman–Crippen MR) is 56.8 cm³/mol. The summed E-state index contributed by atoms with van der Waals surface area (Å²) in [5.41, 5.74) is 0. The van der Waals surface area contributed by atoms with Crippen molar-refractivity contribution in [3.63, 3.8) is 0 Å². The molecular formula is C12H7O4. The molecule has 0 spiro atoms. The van der Waals surface area contributed by atoms with Crippen molar-refractivity contribution in [1.29, 1.82) is 0 Å². The molecular weight excluding hydrogens is 208 g/mol. The fourth-order valence-electron chi connectivity index (χ4n) is 1.43. The maximum Gasteiger partial charge on any atom is 0.522 e. The molecule has 0 fully saturated rings. The van der Waals surface area contributed by atoms with E-state index in [1.165, 1.54) is 0 Å². The molecule has 0 heterocycles. The molecule has 0 aromatic heterocycles. The lowest BCUT2D eigenvalue weighted by Crippen LogP contribution is -2.09. The Morgan fingerprint density at radius 2 is 1.81 bits per heavy atom. The number of benzene rings is 2. The molecule has 0 N–H and O–H groups in total. The van der Waals surface area contributed by atoms with Crippen LogP contribution in [0.15, 0.2) is 42.5 Å². The smallest absolute Gasteiger partial charge is 0.394 e. The van der Waals surface area contributed by atoms with Crippen molar-refractivity contribution in [2.24, 2.45) is 0 Å². The molecule has 0 aliphatic carbocycles. The third-order valence-electron chi connectivity index (χ3n) is 2.07. The number of carbonyl (C=O) groups is 1. The molecule has 79 valence electrons. The highest BCUT2D eigenvalue weighted by Crippen LogP contribution is 2.25. The maximum absolute atomic E-state index is 10.9. The van der Waals surface area contributed by atoms with Crippen LogP contribution in [0.2, 0.25) is 0 Å². The molecule has 1 radical (unpaired) electrons. The second-order valence-electron chi connectivity index (χ2n) is 3.01. The Bertz CT molecular complexity index is 528. The number of fused-ring (bicyclic) bond motifs is 1. The van der Waals surface area contributed by atoms with Crippen LogP contribution in [0.1, 0.15) is 0 Å². The lowest BCUT2D eigenvalue weighted by atomic mass is 10.1. The molecule has 0 bridgehead atoms. The average molecular weight is 215 g/mol. The minimum atomic E-state index is -1.09. The van der Waals surface area contributed by atoms with E-state index in [4.69, 9.17) is 4.74 Å². The lowest BCUT2D eigenvalue weighted by molar-refractivity contribution is 0.146. The summed E-state index contributed by atoms with van der Waals surface area (Å²) in [6.45, 7) is 1.01. The topological polar surface area (TPSA) is 52.6 Å². The van der Waals surface area contributed by atoms with Gasteiger partial charge in [0, 0.05) is 5.39 Å². The van der Waals surface area contributed by atoms with E-state index >= 15 is 0 Å². The Morgan fingerprint density at radius 1 is 1.06 bits per heavy atom. The second-order valence-corrected chi connectivity index (χ2v) is 3.01. The Hall–Kier alpha value is -2.36. The zero-order chi connectivity index (χ0) is 11.4. The molecule has 4 heteroatoms. The molecule has 4 nitrogen and oxygen atoms in total. The zero-order valence-corrected chi connectivity index (χ0v) is 8.17. The van der Waals surface area contributed by atoms with E-state index in [1.54, 1.807) is 12.1 Å². The van der Waals surface area contributed by atoms with Crippen molar-refractivity contribution < 1.29 is 19.1 Å². The second kappa shape index (κ2) is 4.44. The summed E-state index contributed by atoms with van der Waals surface area (Å²) in [6, 6.07) is 12.7. The molecule has 0 saturated heterocycles. The fourth-order valence-corrected chi connectivity index (χ4v) is 1.43. The molecule has 2 aromatic rings. The summed E-state index contributed by atoms with van der Waals surface area (Å²) in [5.74, 6) is 0.346. The Labute approximate surface area is 91.4 Å². The number of hydrogen-bond donors (Lipinski definition) is 0. The highest BCUT2D eigenvalue weighted by molar-refractivity contribution is 5.90. The minimum absolute atomic E-state index is 0.346. The van der Waals surface area contributed by atoms with E-state index in [-0.39, 0.29) is 0 Å². The van der Waals surface area contributed by atoms with E-state index in [2.05, 4.69) is 4.74 Å². The van der Waals surface area contributed by atoms with Crippen LogP contribution >= 0.6 is 0 Å². The van der Waals surface area contributed by atoms with Crippen molar-refractivity contribution in [1.82, 2.24) is 0 Å². The van der Waals surface area contributed by atoms with Crippen molar-refractivity contribution >= 4 is 23.4 Å². The molecule has 0 aliphatic heterocycles. The van der Waals surface area contributed by atoms with Crippen molar-refractivity contribution in [2.75, 3.05) is 0 Å². The molecule has 2 rings (SSSR count). The van der Waals surface area contributed by atoms with Crippen molar-refractivity contribution in [3.8, 4) is 5.75 Å².